The van der Waals surface area contributed by atoms with Gasteiger partial charge in [-0.15, -0.1) is 0 Å². The summed E-state index contributed by atoms with van der Waals surface area (Å²) >= 11 is 0. The lowest BCUT2D eigenvalue weighted by atomic mass is 9.83. The molecule has 8 heteroatoms. The number of carbonyl (C=O) groups excluding carboxylic acids is 2. The standard InChI is InChI=1S/C35H46O7S/c1-40-33(37)22-11-3-2-10-21-32-35(31(26-43(32,38)39)42-34-23-12-13-24-41-34)30(28-18-8-5-9-19-28)25-29(36)20-14-17-27-15-6-4-7-16-27/h4-9,15-16,18-19,25,31-32,34-35H,2-3,10-14,17,20-24,26H2,1H3. The molecule has 4 rings (SSSR count). The van der Waals surface area contributed by atoms with Crippen molar-refractivity contribution < 1.29 is 32.2 Å². The highest BCUT2D eigenvalue weighted by atomic mass is 32.2. The van der Waals surface area contributed by atoms with Crippen LogP contribution in [0, 0.1) is 5.92 Å². The average molecular weight is 611 g/mol. The molecule has 4 atom stereocenters. The molecule has 7 nitrogen and oxygen atoms in total. The van der Waals surface area contributed by atoms with Crippen molar-refractivity contribution in [1.82, 2.24) is 0 Å². The molecule has 2 saturated heterocycles. The molecule has 2 aromatic carbocycles. The number of methoxy groups -OCH3 is 1. The minimum atomic E-state index is -3.49. The predicted octanol–water partition coefficient (Wildman–Crippen LogP) is 6.50. The van der Waals surface area contributed by atoms with Crippen molar-refractivity contribution in [3.63, 3.8) is 0 Å². The van der Waals surface area contributed by atoms with E-state index in [-0.39, 0.29) is 17.5 Å². The summed E-state index contributed by atoms with van der Waals surface area (Å²) < 4.78 is 44.5. The number of esters is 1. The Balaban J connectivity index is 1.56. The fourth-order valence-corrected chi connectivity index (χ4v) is 8.53. The molecule has 2 aliphatic heterocycles. The van der Waals surface area contributed by atoms with E-state index in [0.29, 0.717) is 38.7 Å². The molecular weight excluding hydrogens is 564 g/mol. The number of rotatable bonds is 16. The van der Waals surface area contributed by atoms with Gasteiger partial charge >= 0.3 is 5.97 Å². The molecule has 0 amide bonds. The van der Waals surface area contributed by atoms with E-state index >= 15 is 0 Å². The smallest absolute Gasteiger partial charge is 0.305 e. The number of benzene rings is 2. The van der Waals surface area contributed by atoms with Gasteiger partial charge in [0.05, 0.1) is 24.2 Å². The van der Waals surface area contributed by atoms with Gasteiger partial charge in [-0.3, -0.25) is 9.59 Å². The van der Waals surface area contributed by atoms with Gasteiger partial charge in [-0.05, 0) is 67.7 Å². The molecular formula is C35H46O7S. The topological polar surface area (TPSA) is 96.0 Å². The van der Waals surface area contributed by atoms with Crippen molar-refractivity contribution in [2.45, 2.75) is 94.7 Å². The first kappa shape index (κ1) is 33.1. The number of hydrogen-bond donors (Lipinski definition) is 0. The fraction of sp³-hybridized carbons (Fsp3) is 0.543. The molecule has 2 fully saturated rings. The van der Waals surface area contributed by atoms with E-state index in [1.807, 2.05) is 48.5 Å². The number of allylic oxidation sites excluding steroid dienone is 1. The minimum absolute atomic E-state index is 0.00620. The number of unbranched alkanes of at least 4 members (excludes halogenated alkanes) is 3. The summed E-state index contributed by atoms with van der Waals surface area (Å²) in [6.45, 7) is 0.602. The number of ketones is 1. The van der Waals surface area contributed by atoms with Crippen LogP contribution in [0.3, 0.4) is 0 Å². The van der Waals surface area contributed by atoms with Gasteiger partial charge in [0.15, 0.2) is 21.9 Å². The van der Waals surface area contributed by atoms with Gasteiger partial charge in [0.1, 0.15) is 0 Å². The molecule has 0 bridgehead atoms. The van der Waals surface area contributed by atoms with Crippen molar-refractivity contribution in [2.24, 2.45) is 5.92 Å². The Kier molecular flexibility index (Phi) is 13.0. The maximum Gasteiger partial charge on any atom is 0.305 e. The lowest BCUT2D eigenvalue weighted by Crippen LogP contribution is -2.34. The normalized spacial score (nSPS) is 23.6. The van der Waals surface area contributed by atoms with E-state index in [1.165, 1.54) is 12.7 Å². The minimum Gasteiger partial charge on any atom is -0.469 e. The summed E-state index contributed by atoms with van der Waals surface area (Å²) in [4.78, 5) is 24.9. The molecule has 2 aliphatic rings. The average Bonchev–Trinajstić information content (AvgIpc) is 3.27. The summed E-state index contributed by atoms with van der Waals surface area (Å²) in [5, 5.41) is -0.662. The van der Waals surface area contributed by atoms with Crippen LogP contribution in [0.5, 0.6) is 0 Å². The quantitative estimate of drug-likeness (QED) is 0.122. The Bertz CT molecular complexity index is 1280. The van der Waals surface area contributed by atoms with Crippen molar-refractivity contribution in [3.8, 4) is 0 Å². The second kappa shape index (κ2) is 16.9. The molecule has 0 aromatic heterocycles. The van der Waals surface area contributed by atoms with Crippen LogP contribution in [0.2, 0.25) is 0 Å². The molecule has 0 spiro atoms. The van der Waals surface area contributed by atoms with Crippen LogP contribution >= 0.6 is 0 Å². The Morgan fingerprint density at radius 1 is 0.907 bits per heavy atom. The number of carbonyl (C=O) groups is 2. The van der Waals surface area contributed by atoms with Gasteiger partial charge in [-0.2, -0.15) is 0 Å². The van der Waals surface area contributed by atoms with E-state index in [1.54, 1.807) is 6.08 Å². The monoisotopic (exact) mass is 610 g/mol. The predicted molar refractivity (Wildman–Crippen MR) is 168 cm³/mol. The molecule has 2 heterocycles. The Morgan fingerprint density at radius 2 is 1.63 bits per heavy atom. The number of aryl methyl sites for hydroxylation is 1. The molecule has 0 N–H and O–H groups in total. The van der Waals surface area contributed by atoms with Gasteiger partial charge < -0.3 is 14.2 Å². The van der Waals surface area contributed by atoms with Gasteiger partial charge in [-0.1, -0.05) is 79.9 Å². The zero-order valence-corrected chi connectivity index (χ0v) is 26.1. The zero-order chi connectivity index (χ0) is 30.5. The first-order valence-electron chi connectivity index (χ1n) is 15.8. The van der Waals surface area contributed by atoms with Crippen molar-refractivity contribution in [2.75, 3.05) is 19.5 Å². The summed E-state index contributed by atoms with van der Waals surface area (Å²) in [5.74, 6) is -0.800. The first-order valence-corrected chi connectivity index (χ1v) is 17.5. The third kappa shape index (κ3) is 10.1. The van der Waals surface area contributed by atoms with Crippen LogP contribution in [0.15, 0.2) is 66.7 Å². The molecule has 0 saturated carbocycles. The van der Waals surface area contributed by atoms with Gasteiger partial charge in [0, 0.05) is 25.4 Å². The van der Waals surface area contributed by atoms with E-state index < -0.39 is 33.4 Å². The second-order valence-corrected chi connectivity index (χ2v) is 13.9. The lowest BCUT2D eigenvalue weighted by Gasteiger charge is -2.31. The third-order valence-corrected chi connectivity index (χ3v) is 10.7. The Labute approximate surface area is 256 Å². The summed E-state index contributed by atoms with van der Waals surface area (Å²) in [6, 6.07) is 19.8. The van der Waals surface area contributed by atoms with Crippen LogP contribution in [0.1, 0.15) is 81.8 Å². The zero-order valence-electron chi connectivity index (χ0n) is 25.3. The molecule has 0 aliphatic carbocycles. The van der Waals surface area contributed by atoms with Crippen LogP contribution in [0.25, 0.3) is 5.57 Å². The molecule has 43 heavy (non-hydrogen) atoms. The third-order valence-electron chi connectivity index (χ3n) is 8.48. The Hall–Kier alpha value is -2.81. The molecule has 2 aromatic rings. The second-order valence-electron chi connectivity index (χ2n) is 11.7. The van der Waals surface area contributed by atoms with Gasteiger partial charge in [0.2, 0.25) is 0 Å². The first-order chi connectivity index (χ1) is 20.9. The van der Waals surface area contributed by atoms with E-state index in [0.717, 1.165) is 56.1 Å². The van der Waals surface area contributed by atoms with E-state index in [4.69, 9.17) is 14.2 Å². The highest BCUT2D eigenvalue weighted by molar-refractivity contribution is 7.92. The summed E-state index contributed by atoms with van der Waals surface area (Å²) in [5.41, 5.74) is 2.78. The number of sulfone groups is 1. The highest BCUT2D eigenvalue weighted by Gasteiger charge is 2.50. The van der Waals surface area contributed by atoms with E-state index in [2.05, 4.69) is 12.1 Å². The van der Waals surface area contributed by atoms with Crippen molar-refractivity contribution in [1.29, 1.82) is 0 Å². The maximum atomic E-state index is 13.7. The van der Waals surface area contributed by atoms with Crippen LogP contribution in [-0.4, -0.2) is 57.3 Å². The molecule has 4 unspecified atom stereocenters. The number of hydrogen-bond acceptors (Lipinski definition) is 7. The fourth-order valence-electron chi connectivity index (χ4n) is 6.25. The highest BCUT2D eigenvalue weighted by Crippen LogP contribution is 2.42. The largest absolute Gasteiger partial charge is 0.469 e. The van der Waals surface area contributed by atoms with Gasteiger partial charge in [0.25, 0.3) is 0 Å². The van der Waals surface area contributed by atoms with Crippen LogP contribution < -0.4 is 0 Å². The SMILES string of the molecule is COC(=O)CCCCCCC1C(C(=CC(=O)CCCc2ccccc2)c2ccccc2)C(OC2CCCCO2)CS1(=O)=O. The van der Waals surface area contributed by atoms with Crippen molar-refractivity contribution >= 4 is 27.2 Å². The molecule has 0 radical (unpaired) electrons. The van der Waals surface area contributed by atoms with Crippen molar-refractivity contribution in [3.05, 3.63) is 77.9 Å². The van der Waals surface area contributed by atoms with E-state index in [9.17, 15) is 18.0 Å². The van der Waals surface area contributed by atoms with Crippen LogP contribution in [0.4, 0.5) is 0 Å². The van der Waals surface area contributed by atoms with Crippen LogP contribution in [-0.2, 0) is 40.1 Å². The Morgan fingerprint density at radius 3 is 2.33 bits per heavy atom. The summed E-state index contributed by atoms with van der Waals surface area (Å²) in [7, 11) is -2.11. The lowest BCUT2D eigenvalue weighted by molar-refractivity contribution is -0.188. The maximum absolute atomic E-state index is 13.7. The number of ether oxygens (including phenoxy) is 3. The molecule has 234 valence electrons. The summed E-state index contributed by atoms with van der Waals surface area (Å²) in [6.07, 6.45) is 9.14. The van der Waals surface area contributed by atoms with Gasteiger partial charge in [-0.25, -0.2) is 8.42 Å².